The molecule has 0 saturated heterocycles. The Morgan fingerprint density at radius 2 is 1.67 bits per heavy atom. The molecule has 1 aliphatic rings. The van der Waals surface area contributed by atoms with Gasteiger partial charge in [0.1, 0.15) is 16.4 Å². The number of amides is 2. The van der Waals surface area contributed by atoms with Crippen LogP contribution in [0, 0.1) is 0 Å². The van der Waals surface area contributed by atoms with E-state index in [1.807, 2.05) is 12.1 Å². The van der Waals surface area contributed by atoms with Crippen LogP contribution in [0.15, 0.2) is 47.4 Å². The Bertz CT molecular complexity index is 1080. The van der Waals surface area contributed by atoms with E-state index >= 15 is 0 Å². The predicted molar refractivity (Wildman–Crippen MR) is 123 cm³/mol. The second-order valence-corrected chi connectivity index (χ2v) is 9.46. The standard InChI is InChI=1S/C23H29N3O6S/c1-31-19-10-7-16(8-11-19)14-24-22(27)15-25-23(28)17-9-12-20(32-2)21(13-17)33(29,30)26-18-5-3-4-6-18/h7-13,18,26H,3-6,14-15H2,1-2H3,(H,24,27)(H,25,28). The lowest BCUT2D eigenvalue weighted by molar-refractivity contribution is -0.120. The van der Waals surface area contributed by atoms with Crippen molar-refractivity contribution in [3.63, 3.8) is 0 Å². The molecule has 10 heteroatoms. The molecule has 0 heterocycles. The number of ether oxygens (including phenoxy) is 2. The molecule has 9 nitrogen and oxygen atoms in total. The average Bonchev–Trinajstić information content (AvgIpc) is 3.33. The topological polar surface area (TPSA) is 123 Å². The lowest BCUT2D eigenvalue weighted by Crippen LogP contribution is -2.37. The van der Waals surface area contributed by atoms with Gasteiger partial charge in [0.05, 0.1) is 20.8 Å². The third-order valence-electron chi connectivity index (χ3n) is 5.45. The minimum atomic E-state index is -3.86. The van der Waals surface area contributed by atoms with E-state index < -0.39 is 15.9 Å². The summed E-state index contributed by atoms with van der Waals surface area (Å²) in [6.45, 7) is 0.0554. The van der Waals surface area contributed by atoms with E-state index in [2.05, 4.69) is 15.4 Å². The number of benzene rings is 2. The fourth-order valence-electron chi connectivity index (χ4n) is 3.62. The number of carbonyl (C=O) groups is 2. The summed E-state index contributed by atoms with van der Waals surface area (Å²) in [5.41, 5.74) is 1.00. The number of hydrogen-bond donors (Lipinski definition) is 3. The quantitative estimate of drug-likeness (QED) is 0.483. The van der Waals surface area contributed by atoms with Crippen LogP contribution in [0.4, 0.5) is 0 Å². The Labute approximate surface area is 193 Å². The molecular weight excluding hydrogens is 446 g/mol. The fraction of sp³-hybridized carbons (Fsp3) is 0.391. The number of sulfonamides is 1. The summed E-state index contributed by atoms with van der Waals surface area (Å²) < 4.78 is 38.7. The fourth-order valence-corrected chi connectivity index (χ4v) is 5.12. The maximum atomic E-state index is 12.9. The summed E-state index contributed by atoms with van der Waals surface area (Å²) in [7, 11) is -0.913. The van der Waals surface area contributed by atoms with Crippen LogP contribution in [0.3, 0.4) is 0 Å². The number of nitrogens with one attached hydrogen (secondary N) is 3. The van der Waals surface area contributed by atoms with Crippen LogP contribution in [0.1, 0.15) is 41.6 Å². The van der Waals surface area contributed by atoms with Gasteiger partial charge in [-0.25, -0.2) is 13.1 Å². The van der Waals surface area contributed by atoms with Gasteiger partial charge in [-0.2, -0.15) is 0 Å². The van der Waals surface area contributed by atoms with Crippen molar-refractivity contribution in [2.24, 2.45) is 0 Å². The highest BCUT2D eigenvalue weighted by molar-refractivity contribution is 7.89. The molecule has 1 saturated carbocycles. The zero-order chi connectivity index (χ0) is 23.8. The summed E-state index contributed by atoms with van der Waals surface area (Å²) in [4.78, 5) is 24.6. The molecule has 0 aromatic heterocycles. The third-order valence-corrected chi connectivity index (χ3v) is 6.99. The molecule has 2 aromatic rings. The van der Waals surface area contributed by atoms with Gasteiger partial charge in [0.2, 0.25) is 15.9 Å². The van der Waals surface area contributed by atoms with Crippen molar-refractivity contribution in [2.75, 3.05) is 20.8 Å². The lowest BCUT2D eigenvalue weighted by atomic mass is 10.2. The van der Waals surface area contributed by atoms with Gasteiger partial charge in [-0.15, -0.1) is 0 Å². The summed E-state index contributed by atoms with van der Waals surface area (Å²) >= 11 is 0. The van der Waals surface area contributed by atoms with Gasteiger partial charge < -0.3 is 20.1 Å². The molecule has 0 atom stereocenters. The molecule has 2 amide bonds. The molecule has 178 valence electrons. The highest BCUT2D eigenvalue weighted by Crippen LogP contribution is 2.27. The van der Waals surface area contributed by atoms with Crippen molar-refractivity contribution in [1.29, 1.82) is 0 Å². The average molecular weight is 476 g/mol. The van der Waals surface area contributed by atoms with E-state index in [0.717, 1.165) is 37.0 Å². The van der Waals surface area contributed by atoms with Gasteiger partial charge in [0.15, 0.2) is 0 Å². The monoisotopic (exact) mass is 475 g/mol. The van der Waals surface area contributed by atoms with Crippen LogP contribution in [-0.2, 0) is 21.4 Å². The molecule has 2 aromatic carbocycles. The first kappa shape index (κ1) is 24.5. The number of methoxy groups -OCH3 is 2. The Morgan fingerprint density at radius 3 is 2.30 bits per heavy atom. The van der Waals surface area contributed by atoms with Crippen molar-refractivity contribution in [3.8, 4) is 11.5 Å². The summed E-state index contributed by atoms with van der Waals surface area (Å²) in [5.74, 6) is -0.0658. The number of rotatable bonds is 10. The van der Waals surface area contributed by atoms with Crippen LogP contribution >= 0.6 is 0 Å². The molecule has 0 spiro atoms. The molecule has 3 N–H and O–H groups in total. The maximum absolute atomic E-state index is 12.9. The first-order valence-corrected chi connectivity index (χ1v) is 12.2. The minimum absolute atomic E-state index is 0.103. The molecule has 33 heavy (non-hydrogen) atoms. The lowest BCUT2D eigenvalue weighted by Gasteiger charge is -2.16. The second kappa shape index (κ2) is 11.2. The van der Waals surface area contributed by atoms with E-state index in [9.17, 15) is 18.0 Å². The smallest absolute Gasteiger partial charge is 0.251 e. The van der Waals surface area contributed by atoms with Gasteiger partial charge in [-0.05, 0) is 48.7 Å². The van der Waals surface area contributed by atoms with Crippen LogP contribution in [0.5, 0.6) is 11.5 Å². The highest BCUT2D eigenvalue weighted by atomic mass is 32.2. The normalized spacial score (nSPS) is 14.0. The van der Waals surface area contributed by atoms with E-state index in [0.29, 0.717) is 6.54 Å². The first-order chi connectivity index (χ1) is 15.8. The third kappa shape index (κ3) is 6.69. The molecule has 0 aliphatic heterocycles. The Morgan fingerprint density at radius 1 is 0.970 bits per heavy atom. The molecule has 0 unspecified atom stereocenters. The van der Waals surface area contributed by atoms with E-state index in [-0.39, 0.29) is 34.7 Å². The van der Waals surface area contributed by atoms with Gasteiger partial charge in [0, 0.05) is 18.2 Å². The van der Waals surface area contributed by atoms with Crippen LogP contribution in [0.2, 0.25) is 0 Å². The Kier molecular flexibility index (Phi) is 8.29. The van der Waals surface area contributed by atoms with Gasteiger partial charge in [0.25, 0.3) is 5.91 Å². The highest BCUT2D eigenvalue weighted by Gasteiger charge is 2.26. The molecule has 1 aliphatic carbocycles. The Hall–Kier alpha value is -3.11. The van der Waals surface area contributed by atoms with Crippen LogP contribution in [0.25, 0.3) is 0 Å². The predicted octanol–water partition coefficient (Wildman–Crippen LogP) is 1.97. The molecule has 3 rings (SSSR count). The molecular formula is C23H29N3O6S. The number of hydrogen-bond acceptors (Lipinski definition) is 6. The van der Waals surface area contributed by atoms with Crippen molar-refractivity contribution in [3.05, 3.63) is 53.6 Å². The van der Waals surface area contributed by atoms with Crippen LogP contribution < -0.4 is 24.8 Å². The van der Waals surface area contributed by atoms with Crippen LogP contribution in [-0.4, -0.2) is 47.0 Å². The first-order valence-electron chi connectivity index (χ1n) is 10.7. The second-order valence-electron chi connectivity index (χ2n) is 7.78. The van der Waals surface area contributed by atoms with E-state index in [4.69, 9.17) is 9.47 Å². The minimum Gasteiger partial charge on any atom is -0.497 e. The zero-order valence-corrected chi connectivity index (χ0v) is 19.5. The van der Waals surface area contributed by atoms with Crippen molar-refractivity contribution >= 4 is 21.8 Å². The van der Waals surface area contributed by atoms with E-state index in [1.54, 1.807) is 19.2 Å². The Balaban J connectivity index is 1.59. The summed E-state index contributed by atoms with van der Waals surface area (Å²) in [6, 6.07) is 11.3. The van der Waals surface area contributed by atoms with Crippen molar-refractivity contribution in [2.45, 2.75) is 43.2 Å². The summed E-state index contributed by atoms with van der Waals surface area (Å²) in [5, 5.41) is 5.23. The van der Waals surface area contributed by atoms with Gasteiger partial charge in [-0.1, -0.05) is 25.0 Å². The van der Waals surface area contributed by atoms with Gasteiger partial charge in [-0.3, -0.25) is 9.59 Å². The molecule has 1 fully saturated rings. The largest absolute Gasteiger partial charge is 0.497 e. The molecule has 0 radical (unpaired) electrons. The maximum Gasteiger partial charge on any atom is 0.251 e. The summed E-state index contributed by atoms with van der Waals surface area (Å²) in [6.07, 6.45) is 3.53. The number of carbonyl (C=O) groups excluding carboxylic acids is 2. The van der Waals surface area contributed by atoms with Crippen molar-refractivity contribution in [1.82, 2.24) is 15.4 Å². The SMILES string of the molecule is COc1ccc(CNC(=O)CNC(=O)c2ccc(OC)c(S(=O)(=O)NC3CCCC3)c2)cc1. The van der Waals surface area contributed by atoms with E-state index in [1.165, 1.54) is 25.3 Å². The zero-order valence-electron chi connectivity index (χ0n) is 18.7. The molecule has 0 bridgehead atoms. The van der Waals surface area contributed by atoms with Crippen molar-refractivity contribution < 1.29 is 27.5 Å². The van der Waals surface area contributed by atoms with Gasteiger partial charge >= 0.3 is 0 Å².